The van der Waals surface area contributed by atoms with Crippen LogP contribution in [0, 0.1) is 0 Å². The highest BCUT2D eigenvalue weighted by molar-refractivity contribution is 6.21. The first kappa shape index (κ1) is 19.6. The minimum absolute atomic E-state index is 0.0330. The number of carbonyl (C=O) groups excluding carboxylic acids is 2. The average molecular weight is 393 g/mol. The van der Waals surface area contributed by atoms with Gasteiger partial charge >= 0.3 is 0 Å². The molecule has 4 rings (SSSR count). The van der Waals surface area contributed by atoms with Gasteiger partial charge in [-0.15, -0.1) is 0 Å². The Balaban J connectivity index is 1.31. The highest BCUT2D eigenvalue weighted by atomic mass is 16.3. The summed E-state index contributed by atoms with van der Waals surface area (Å²) in [5.74, 6) is -0.628. The summed E-state index contributed by atoms with van der Waals surface area (Å²) in [7, 11) is 0. The summed E-state index contributed by atoms with van der Waals surface area (Å²) < 4.78 is 0. The lowest BCUT2D eigenvalue weighted by atomic mass is 10.1. The van der Waals surface area contributed by atoms with Gasteiger partial charge in [0.1, 0.15) is 0 Å². The molecule has 152 valence electrons. The summed E-state index contributed by atoms with van der Waals surface area (Å²) in [5, 5.41) is 10.5. The van der Waals surface area contributed by atoms with Crippen LogP contribution in [0.2, 0.25) is 0 Å². The van der Waals surface area contributed by atoms with E-state index >= 15 is 0 Å². The molecule has 1 N–H and O–H groups in total. The fourth-order valence-corrected chi connectivity index (χ4v) is 4.26. The second-order valence-electron chi connectivity index (χ2n) is 7.69. The number of hydrogen-bond acceptors (Lipinski definition) is 5. The SMILES string of the molecule is CCc1ccccc1N1CCN(CC(O)CN2C(=O)c3ccccc3C2=O)CC1. The van der Waals surface area contributed by atoms with Crippen LogP contribution in [-0.2, 0) is 6.42 Å². The van der Waals surface area contributed by atoms with Gasteiger partial charge in [-0.25, -0.2) is 0 Å². The van der Waals surface area contributed by atoms with Crippen LogP contribution in [0.5, 0.6) is 0 Å². The van der Waals surface area contributed by atoms with Gasteiger partial charge in [0.2, 0.25) is 0 Å². The summed E-state index contributed by atoms with van der Waals surface area (Å²) in [5.41, 5.74) is 3.49. The molecule has 0 saturated carbocycles. The van der Waals surface area contributed by atoms with Crippen LogP contribution in [0.25, 0.3) is 0 Å². The van der Waals surface area contributed by atoms with Crippen molar-refractivity contribution in [1.82, 2.24) is 9.80 Å². The monoisotopic (exact) mass is 393 g/mol. The third-order valence-electron chi connectivity index (χ3n) is 5.83. The molecule has 0 aliphatic carbocycles. The molecular weight excluding hydrogens is 366 g/mol. The third-order valence-corrected chi connectivity index (χ3v) is 5.83. The average Bonchev–Trinajstić information content (AvgIpc) is 2.99. The van der Waals surface area contributed by atoms with E-state index in [0.29, 0.717) is 17.7 Å². The molecule has 1 unspecified atom stereocenters. The molecule has 6 nitrogen and oxygen atoms in total. The predicted molar refractivity (Wildman–Crippen MR) is 112 cm³/mol. The van der Waals surface area contributed by atoms with Gasteiger partial charge < -0.3 is 10.0 Å². The zero-order valence-corrected chi connectivity index (χ0v) is 16.8. The van der Waals surface area contributed by atoms with Crippen LogP contribution in [0.15, 0.2) is 48.5 Å². The maximum absolute atomic E-state index is 12.5. The number of rotatable bonds is 6. The smallest absolute Gasteiger partial charge is 0.261 e. The van der Waals surface area contributed by atoms with Crippen LogP contribution >= 0.6 is 0 Å². The Hall–Kier alpha value is -2.70. The predicted octanol–water partition coefficient (Wildman–Crippen LogP) is 2.03. The number of aliphatic hydroxyl groups is 1. The van der Waals surface area contributed by atoms with E-state index in [0.717, 1.165) is 32.6 Å². The maximum atomic E-state index is 12.5. The normalized spacial score (nSPS) is 18.3. The van der Waals surface area contributed by atoms with Crippen molar-refractivity contribution in [3.63, 3.8) is 0 Å². The zero-order chi connectivity index (χ0) is 20.4. The summed E-state index contributed by atoms with van der Waals surface area (Å²) in [4.78, 5) is 30.7. The van der Waals surface area contributed by atoms with Crippen molar-refractivity contribution in [3.05, 3.63) is 65.2 Å². The van der Waals surface area contributed by atoms with E-state index in [1.807, 2.05) is 0 Å². The maximum Gasteiger partial charge on any atom is 0.261 e. The first-order chi connectivity index (χ1) is 14.1. The highest BCUT2D eigenvalue weighted by Crippen LogP contribution is 2.24. The molecular formula is C23H27N3O3. The number of para-hydroxylation sites is 1. The Kier molecular flexibility index (Phi) is 5.65. The summed E-state index contributed by atoms with van der Waals surface area (Å²) in [6.07, 6.45) is 0.252. The fourth-order valence-electron chi connectivity index (χ4n) is 4.26. The van der Waals surface area contributed by atoms with Gasteiger partial charge in [-0.05, 0) is 30.2 Å². The van der Waals surface area contributed by atoms with Crippen molar-refractivity contribution in [3.8, 4) is 0 Å². The molecule has 0 bridgehead atoms. The number of β-amino-alcohol motifs (C(OH)–C–C–N with tert-alkyl or cyclic N) is 1. The van der Waals surface area contributed by atoms with Gasteiger partial charge in [0, 0.05) is 38.4 Å². The number of carbonyl (C=O) groups is 2. The number of piperazine rings is 1. The molecule has 0 spiro atoms. The van der Waals surface area contributed by atoms with Crippen LogP contribution < -0.4 is 4.90 Å². The second kappa shape index (κ2) is 8.35. The van der Waals surface area contributed by atoms with Crippen LogP contribution in [0.3, 0.4) is 0 Å². The first-order valence-corrected chi connectivity index (χ1v) is 10.3. The molecule has 2 aliphatic rings. The lowest BCUT2D eigenvalue weighted by Crippen LogP contribution is -2.50. The van der Waals surface area contributed by atoms with Gasteiger partial charge in [0.25, 0.3) is 11.8 Å². The largest absolute Gasteiger partial charge is 0.390 e. The molecule has 0 radical (unpaired) electrons. The molecule has 2 aliphatic heterocycles. The van der Waals surface area contributed by atoms with E-state index in [-0.39, 0.29) is 18.4 Å². The van der Waals surface area contributed by atoms with Crippen molar-refractivity contribution in [2.75, 3.05) is 44.2 Å². The number of imide groups is 1. The van der Waals surface area contributed by atoms with Gasteiger partial charge in [-0.2, -0.15) is 0 Å². The van der Waals surface area contributed by atoms with Crippen molar-refractivity contribution in [2.24, 2.45) is 0 Å². The molecule has 2 heterocycles. The Labute approximate surface area is 171 Å². The molecule has 2 amide bonds. The van der Waals surface area contributed by atoms with E-state index in [1.165, 1.54) is 16.2 Å². The fraction of sp³-hybridized carbons (Fsp3) is 0.391. The number of fused-ring (bicyclic) bond motifs is 1. The molecule has 2 aromatic carbocycles. The topological polar surface area (TPSA) is 64.1 Å². The lowest BCUT2D eigenvalue weighted by molar-refractivity contribution is 0.0469. The van der Waals surface area contributed by atoms with Crippen LogP contribution in [0.4, 0.5) is 5.69 Å². The Morgan fingerprint density at radius 1 is 0.862 bits per heavy atom. The van der Waals surface area contributed by atoms with E-state index in [9.17, 15) is 14.7 Å². The first-order valence-electron chi connectivity index (χ1n) is 10.3. The molecule has 2 aromatic rings. The van der Waals surface area contributed by atoms with Crippen molar-refractivity contribution in [1.29, 1.82) is 0 Å². The molecule has 29 heavy (non-hydrogen) atoms. The van der Waals surface area contributed by atoms with Gasteiger partial charge in [0.15, 0.2) is 0 Å². The minimum Gasteiger partial charge on any atom is -0.390 e. The molecule has 1 saturated heterocycles. The lowest BCUT2D eigenvalue weighted by Gasteiger charge is -2.38. The third kappa shape index (κ3) is 3.91. The van der Waals surface area contributed by atoms with Gasteiger partial charge in [-0.1, -0.05) is 37.3 Å². The number of benzene rings is 2. The minimum atomic E-state index is -0.758. The van der Waals surface area contributed by atoms with Crippen LogP contribution in [-0.4, -0.2) is 72.1 Å². The Morgan fingerprint density at radius 3 is 2.07 bits per heavy atom. The number of aryl methyl sites for hydroxylation is 1. The quantitative estimate of drug-likeness (QED) is 0.761. The molecule has 1 fully saturated rings. The van der Waals surface area contributed by atoms with E-state index in [2.05, 4.69) is 41.0 Å². The summed E-state index contributed by atoms with van der Waals surface area (Å²) in [6.45, 7) is 6.15. The molecule has 0 aromatic heterocycles. The van der Waals surface area contributed by atoms with Crippen LogP contribution in [0.1, 0.15) is 33.2 Å². The van der Waals surface area contributed by atoms with E-state index in [1.54, 1.807) is 24.3 Å². The van der Waals surface area contributed by atoms with Gasteiger partial charge in [-0.3, -0.25) is 19.4 Å². The Bertz CT molecular complexity index is 871. The number of anilines is 1. The molecule has 1 atom stereocenters. The zero-order valence-electron chi connectivity index (χ0n) is 16.8. The number of amides is 2. The standard InChI is InChI=1S/C23H27N3O3/c1-2-17-7-3-6-10-21(17)25-13-11-24(12-14-25)15-18(27)16-26-22(28)19-8-4-5-9-20(19)23(26)29/h3-10,18,27H,2,11-16H2,1H3. The van der Waals surface area contributed by atoms with Crippen molar-refractivity contribution >= 4 is 17.5 Å². The Morgan fingerprint density at radius 2 is 1.45 bits per heavy atom. The summed E-state index contributed by atoms with van der Waals surface area (Å²) in [6, 6.07) is 15.3. The van der Waals surface area contributed by atoms with Crippen molar-refractivity contribution < 1.29 is 14.7 Å². The number of hydrogen-bond donors (Lipinski definition) is 1. The van der Waals surface area contributed by atoms with Gasteiger partial charge in [0.05, 0.1) is 23.8 Å². The van der Waals surface area contributed by atoms with E-state index in [4.69, 9.17) is 0 Å². The molecule has 6 heteroatoms. The van der Waals surface area contributed by atoms with Crippen molar-refractivity contribution in [2.45, 2.75) is 19.4 Å². The number of nitrogens with zero attached hydrogens (tertiary/aromatic N) is 3. The summed E-state index contributed by atoms with van der Waals surface area (Å²) >= 11 is 0. The highest BCUT2D eigenvalue weighted by Gasteiger charge is 2.36. The second-order valence-corrected chi connectivity index (χ2v) is 7.69. The van der Waals surface area contributed by atoms with E-state index < -0.39 is 6.10 Å². The number of aliphatic hydroxyl groups excluding tert-OH is 1.